The van der Waals surface area contributed by atoms with Crippen LogP contribution in [-0.4, -0.2) is 28.5 Å². The van der Waals surface area contributed by atoms with E-state index in [1.807, 2.05) is 19.1 Å². The van der Waals surface area contributed by atoms with Crippen LogP contribution in [0.5, 0.6) is 0 Å². The summed E-state index contributed by atoms with van der Waals surface area (Å²) < 4.78 is 53.6. The Balaban J connectivity index is 1.97. The molecule has 1 fully saturated rings. The molecule has 1 atom stereocenters. The molecule has 1 amide bonds. The minimum Gasteiger partial charge on any atom is -0.279 e. The van der Waals surface area contributed by atoms with Crippen LogP contribution >= 0.6 is 0 Å². The van der Waals surface area contributed by atoms with Crippen LogP contribution in [0.1, 0.15) is 25.0 Å². The first-order valence-corrected chi connectivity index (χ1v) is 11.9. The summed E-state index contributed by atoms with van der Waals surface area (Å²) >= 11 is 0. The molecule has 28 heavy (non-hydrogen) atoms. The molecule has 9 heteroatoms. The first kappa shape index (κ1) is 20.3. The van der Waals surface area contributed by atoms with E-state index in [0.717, 1.165) is 9.87 Å². The number of benzene rings is 2. The number of nitrogens with one attached hydrogen (secondary N) is 1. The minimum atomic E-state index is -3.87. The number of nitrogens with zero attached hydrogens (tertiary/aromatic N) is 1. The maximum absolute atomic E-state index is 12.9. The second-order valence-corrected chi connectivity index (χ2v) is 10.4. The zero-order chi connectivity index (χ0) is 20.7. The molecule has 2 aromatic carbocycles. The number of sulfonamides is 2. The van der Waals surface area contributed by atoms with Crippen molar-refractivity contribution in [1.29, 1.82) is 0 Å². The number of hydrogen-bond acceptors (Lipinski definition) is 5. The van der Waals surface area contributed by atoms with E-state index < -0.39 is 31.9 Å². The van der Waals surface area contributed by atoms with Gasteiger partial charge in [0, 0.05) is 0 Å². The molecule has 1 saturated heterocycles. The molecule has 0 aliphatic carbocycles. The summed E-state index contributed by atoms with van der Waals surface area (Å²) in [5.74, 6) is -1.38. The quantitative estimate of drug-likeness (QED) is 0.798. The van der Waals surface area contributed by atoms with Gasteiger partial charge in [-0.3, -0.25) is 9.52 Å². The number of carbonyl (C=O) groups excluding carboxylic acids is 1. The monoisotopic (exact) mass is 422 g/mol. The van der Waals surface area contributed by atoms with Gasteiger partial charge in [-0.15, -0.1) is 0 Å². The Labute approximate surface area is 165 Å². The van der Waals surface area contributed by atoms with E-state index in [0.29, 0.717) is 17.7 Å². The molecule has 3 rings (SSSR count). The van der Waals surface area contributed by atoms with Gasteiger partial charge in [0.2, 0.25) is 15.9 Å². The summed E-state index contributed by atoms with van der Waals surface area (Å²) in [6.07, 6.45) is 0.670. The third kappa shape index (κ3) is 3.64. The SMILES string of the molecule is CCc1ccccc1NS(=O)(=O)c1ccc(N2C(=O)C(C)CS2(=O)=O)cc1C. The second-order valence-electron chi connectivity index (χ2n) is 6.85. The number of hydrogen-bond donors (Lipinski definition) is 1. The lowest BCUT2D eigenvalue weighted by atomic mass is 10.1. The molecule has 0 bridgehead atoms. The average molecular weight is 423 g/mol. The minimum absolute atomic E-state index is 0.0271. The molecule has 1 heterocycles. The zero-order valence-electron chi connectivity index (χ0n) is 15.8. The number of carbonyl (C=O) groups is 1. The number of anilines is 2. The summed E-state index contributed by atoms with van der Waals surface area (Å²) in [7, 11) is -7.62. The third-order valence-corrected chi connectivity index (χ3v) is 8.08. The summed E-state index contributed by atoms with van der Waals surface area (Å²) in [5.41, 5.74) is 1.86. The number of rotatable bonds is 5. The van der Waals surface area contributed by atoms with Crippen LogP contribution in [0.15, 0.2) is 47.4 Å². The van der Waals surface area contributed by atoms with Crippen LogP contribution in [0.3, 0.4) is 0 Å². The van der Waals surface area contributed by atoms with Crippen molar-refractivity contribution in [3.05, 3.63) is 53.6 Å². The zero-order valence-corrected chi connectivity index (χ0v) is 17.5. The van der Waals surface area contributed by atoms with Crippen LogP contribution in [-0.2, 0) is 31.3 Å². The maximum atomic E-state index is 12.9. The Morgan fingerprint density at radius 1 is 1.18 bits per heavy atom. The molecule has 2 aromatic rings. The van der Waals surface area contributed by atoms with E-state index in [9.17, 15) is 21.6 Å². The average Bonchev–Trinajstić information content (AvgIpc) is 2.81. The lowest BCUT2D eigenvalue weighted by Crippen LogP contribution is -2.30. The normalized spacial score (nSPS) is 19.0. The molecule has 0 aromatic heterocycles. The highest BCUT2D eigenvalue weighted by Gasteiger charge is 2.42. The van der Waals surface area contributed by atoms with E-state index in [4.69, 9.17) is 0 Å². The largest absolute Gasteiger partial charge is 0.279 e. The van der Waals surface area contributed by atoms with Gasteiger partial charge in [-0.25, -0.2) is 21.1 Å². The van der Waals surface area contributed by atoms with Crippen LogP contribution in [0.2, 0.25) is 0 Å². The maximum Gasteiger partial charge on any atom is 0.262 e. The molecule has 1 N–H and O–H groups in total. The smallest absolute Gasteiger partial charge is 0.262 e. The van der Waals surface area contributed by atoms with Gasteiger partial charge < -0.3 is 0 Å². The van der Waals surface area contributed by atoms with Gasteiger partial charge in [-0.1, -0.05) is 32.0 Å². The van der Waals surface area contributed by atoms with Gasteiger partial charge in [-0.2, -0.15) is 0 Å². The van der Waals surface area contributed by atoms with E-state index in [2.05, 4.69) is 4.72 Å². The van der Waals surface area contributed by atoms with Crippen molar-refractivity contribution in [1.82, 2.24) is 0 Å². The van der Waals surface area contributed by atoms with E-state index >= 15 is 0 Å². The van der Waals surface area contributed by atoms with Crippen molar-refractivity contribution >= 4 is 37.3 Å². The predicted octanol–water partition coefficient (Wildman–Crippen LogP) is 2.67. The summed E-state index contributed by atoms with van der Waals surface area (Å²) in [6, 6.07) is 11.2. The van der Waals surface area contributed by atoms with Crippen molar-refractivity contribution < 1.29 is 21.6 Å². The van der Waals surface area contributed by atoms with Crippen LogP contribution < -0.4 is 9.03 Å². The highest BCUT2D eigenvalue weighted by Crippen LogP contribution is 2.31. The predicted molar refractivity (Wildman–Crippen MR) is 108 cm³/mol. The molecule has 0 spiro atoms. The molecule has 0 saturated carbocycles. The number of para-hydroxylation sites is 1. The Morgan fingerprint density at radius 3 is 2.43 bits per heavy atom. The first-order chi connectivity index (χ1) is 13.1. The number of amides is 1. The third-order valence-electron chi connectivity index (χ3n) is 4.69. The first-order valence-electron chi connectivity index (χ1n) is 8.85. The Bertz CT molecular complexity index is 1140. The van der Waals surface area contributed by atoms with Gasteiger partial charge in [0.15, 0.2) is 0 Å². The Morgan fingerprint density at radius 2 is 1.86 bits per heavy atom. The highest BCUT2D eigenvalue weighted by molar-refractivity contribution is 7.94. The summed E-state index contributed by atoms with van der Waals surface area (Å²) in [6.45, 7) is 5.06. The molecule has 7 nitrogen and oxygen atoms in total. The highest BCUT2D eigenvalue weighted by atomic mass is 32.2. The van der Waals surface area contributed by atoms with E-state index in [-0.39, 0.29) is 16.3 Å². The van der Waals surface area contributed by atoms with Crippen LogP contribution in [0, 0.1) is 12.8 Å². The Hall–Kier alpha value is -2.39. The summed E-state index contributed by atoms with van der Waals surface area (Å²) in [4.78, 5) is 12.3. The van der Waals surface area contributed by atoms with Crippen molar-refractivity contribution in [3.8, 4) is 0 Å². The van der Waals surface area contributed by atoms with E-state index in [1.54, 1.807) is 26.0 Å². The van der Waals surface area contributed by atoms with Gasteiger partial charge >= 0.3 is 0 Å². The lowest BCUT2D eigenvalue weighted by Gasteiger charge is -2.18. The molecule has 0 radical (unpaired) electrons. The molecule has 1 unspecified atom stereocenters. The van der Waals surface area contributed by atoms with Crippen molar-refractivity contribution in [2.75, 3.05) is 14.8 Å². The fourth-order valence-corrected chi connectivity index (χ4v) is 6.42. The van der Waals surface area contributed by atoms with Gasteiger partial charge in [-0.05, 0) is 48.7 Å². The van der Waals surface area contributed by atoms with Crippen molar-refractivity contribution in [2.24, 2.45) is 5.92 Å². The fourth-order valence-electron chi connectivity index (χ4n) is 3.28. The second kappa shape index (κ2) is 7.21. The van der Waals surface area contributed by atoms with Crippen molar-refractivity contribution in [2.45, 2.75) is 32.1 Å². The summed E-state index contributed by atoms with van der Waals surface area (Å²) in [5, 5.41) is 0. The van der Waals surface area contributed by atoms with E-state index in [1.165, 1.54) is 18.2 Å². The topological polar surface area (TPSA) is 101 Å². The molecule has 150 valence electrons. The van der Waals surface area contributed by atoms with Gasteiger partial charge in [0.25, 0.3) is 10.0 Å². The van der Waals surface area contributed by atoms with Crippen LogP contribution in [0.25, 0.3) is 0 Å². The molecule has 1 aliphatic rings. The van der Waals surface area contributed by atoms with Gasteiger partial charge in [0.1, 0.15) is 0 Å². The van der Waals surface area contributed by atoms with Crippen molar-refractivity contribution in [3.63, 3.8) is 0 Å². The molecular formula is C19H22N2O5S2. The molecular weight excluding hydrogens is 400 g/mol. The van der Waals surface area contributed by atoms with Gasteiger partial charge in [0.05, 0.1) is 27.9 Å². The standard InChI is InChI=1S/C19H22N2O5S2/c1-4-15-7-5-6-8-17(15)20-28(25,26)18-10-9-16(11-13(18)2)21-19(22)14(3)12-27(21,23)24/h5-11,14,20H,4,12H2,1-3H3. The molecule has 1 aliphatic heterocycles. The Kier molecular flexibility index (Phi) is 5.24. The van der Waals surface area contributed by atoms with Crippen LogP contribution in [0.4, 0.5) is 11.4 Å². The number of aryl methyl sites for hydroxylation is 2. The fraction of sp³-hybridized carbons (Fsp3) is 0.316. The lowest BCUT2D eigenvalue weighted by molar-refractivity contribution is -0.119.